The molecule has 0 fully saturated rings. The molecule has 0 heterocycles. The number of hydrogen-bond donors (Lipinski definition) is 3. The quantitative estimate of drug-likeness (QED) is 0.377. The molecule has 2 aromatic rings. The number of benzene rings is 2. The molecule has 0 saturated carbocycles. The van der Waals surface area contributed by atoms with Crippen LogP contribution in [0.1, 0.15) is 16.7 Å². The minimum Gasteiger partial charge on any atom is -0.506 e. The average Bonchev–Trinajstić information content (AvgIpc) is 2.56. The number of carbonyl (C=O) groups excluding carboxylic acids is 1. The van der Waals surface area contributed by atoms with Crippen LogP contribution in [0, 0.1) is 13.8 Å². The molecule has 3 N–H and O–H groups in total. The molecule has 0 aliphatic rings. The van der Waals surface area contributed by atoms with Gasteiger partial charge in [0.25, 0.3) is 5.91 Å². The second-order valence-corrected chi connectivity index (χ2v) is 7.94. The van der Waals surface area contributed by atoms with Gasteiger partial charge in [0.05, 0.1) is 15.2 Å². The van der Waals surface area contributed by atoms with Gasteiger partial charge < -0.3 is 14.9 Å². The zero-order valence-electron chi connectivity index (χ0n) is 13.8. The minimum atomic E-state index is -0.454. The summed E-state index contributed by atoms with van der Waals surface area (Å²) in [4.78, 5) is 11.9. The predicted molar refractivity (Wildman–Crippen MR) is 110 cm³/mol. The number of phenols is 2. The van der Waals surface area contributed by atoms with Gasteiger partial charge in [0.1, 0.15) is 21.7 Å². The average molecular weight is 551 g/mol. The molecule has 0 aliphatic carbocycles. The van der Waals surface area contributed by atoms with Crippen molar-refractivity contribution in [2.45, 2.75) is 13.8 Å². The van der Waals surface area contributed by atoms with Crippen LogP contribution in [0.3, 0.4) is 0 Å². The Bertz CT molecular complexity index is 862. The summed E-state index contributed by atoms with van der Waals surface area (Å²) in [5, 5.41) is 23.4. The number of hydrazone groups is 1. The monoisotopic (exact) mass is 548 g/mol. The molecule has 0 aliphatic heterocycles. The van der Waals surface area contributed by atoms with Gasteiger partial charge in [0, 0.05) is 5.56 Å². The molecule has 0 spiro atoms. The van der Waals surface area contributed by atoms with Crippen molar-refractivity contribution in [3.63, 3.8) is 0 Å². The first-order chi connectivity index (χ1) is 12.2. The number of halogens is 3. The van der Waals surface area contributed by atoms with Crippen molar-refractivity contribution in [1.82, 2.24) is 5.43 Å². The van der Waals surface area contributed by atoms with Crippen LogP contribution in [0.4, 0.5) is 0 Å². The van der Waals surface area contributed by atoms with Crippen molar-refractivity contribution >= 4 is 59.9 Å². The van der Waals surface area contributed by atoms with Gasteiger partial charge >= 0.3 is 0 Å². The van der Waals surface area contributed by atoms with Crippen molar-refractivity contribution < 1.29 is 19.7 Å². The summed E-state index contributed by atoms with van der Waals surface area (Å²) < 4.78 is 6.81. The van der Waals surface area contributed by atoms with Crippen molar-refractivity contribution in [2.75, 3.05) is 6.61 Å². The van der Waals surface area contributed by atoms with E-state index in [1.165, 1.54) is 12.3 Å². The van der Waals surface area contributed by atoms with Gasteiger partial charge in [-0.3, -0.25) is 4.79 Å². The van der Waals surface area contributed by atoms with E-state index in [-0.39, 0.29) is 22.6 Å². The zero-order chi connectivity index (χ0) is 19.4. The van der Waals surface area contributed by atoms with E-state index in [0.717, 1.165) is 15.6 Å². The van der Waals surface area contributed by atoms with E-state index in [1.54, 1.807) is 0 Å². The fourth-order valence-electron chi connectivity index (χ4n) is 2.14. The molecular formula is C17H15Br3N2O4. The topological polar surface area (TPSA) is 91.2 Å². The highest BCUT2D eigenvalue weighted by atomic mass is 79.9. The number of aromatic hydroxyl groups is 2. The van der Waals surface area contributed by atoms with Gasteiger partial charge in [-0.15, -0.1) is 0 Å². The van der Waals surface area contributed by atoms with E-state index in [1.807, 2.05) is 26.0 Å². The predicted octanol–water partition coefficient (Wildman–Crippen LogP) is 4.53. The third kappa shape index (κ3) is 4.99. The zero-order valence-corrected chi connectivity index (χ0v) is 18.6. The summed E-state index contributed by atoms with van der Waals surface area (Å²) in [6.07, 6.45) is 1.26. The van der Waals surface area contributed by atoms with Crippen LogP contribution in [0.2, 0.25) is 0 Å². The molecule has 138 valence electrons. The maximum Gasteiger partial charge on any atom is 0.277 e. The summed E-state index contributed by atoms with van der Waals surface area (Å²) in [7, 11) is 0. The summed E-state index contributed by atoms with van der Waals surface area (Å²) in [6, 6.07) is 5.33. The van der Waals surface area contributed by atoms with Crippen LogP contribution < -0.4 is 10.2 Å². The highest BCUT2D eigenvalue weighted by Crippen LogP contribution is 2.40. The number of carbonyl (C=O) groups is 1. The van der Waals surface area contributed by atoms with Crippen molar-refractivity contribution in [3.05, 3.63) is 48.3 Å². The van der Waals surface area contributed by atoms with Gasteiger partial charge in [-0.2, -0.15) is 5.10 Å². The maximum absolute atomic E-state index is 11.9. The maximum atomic E-state index is 11.9. The Hall–Kier alpha value is -1.58. The third-order valence-corrected chi connectivity index (χ3v) is 5.26. The number of nitrogens with one attached hydrogen (secondary N) is 1. The molecule has 0 atom stereocenters. The van der Waals surface area contributed by atoms with Gasteiger partial charge in [0.2, 0.25) is 0 Å². The molecule has 0 bridgehead atoms. The largest absolute Gasteiger partial charge is 0.506 e. The van der Waals surface area contributed by atoms with Crippen LogP contribution in [0.15, 0.2) is 36.7 Å². The second kappa shape index (κ2) is 8.88. The highest BCUT2D eigenvalue weighted by molar-refractivity contribution is 9.11. The molecule has 6 nitrogen and oxygen atoms in total. The van der Waals surface area contributed by atoms with Crippen LogP contribution in [0.5, 0.6) is 17.2 Å². The number of ether oxygens (including phenoxy) is 1. The van der Waals surface area contributed by atoms with E-state index in [4.69, 9.17) is 4.74 Å². The van der Waals surface area contributed by atoms with Crippen molar-refractivity contribution in [1.29, 1.82) is 0 Å². The molecular weight excluding hydrogens is 536 g/mol. The first-order valence-electron chi connectivity index (χ1n) is 7.32. The molecule has 1 amide bonds. The van der Waals surface area contributed by atoms with E-state index < -0.39 is 5.91 Å². The smallest absolute Gasteiger partial charge is 0.277 e. The van der Waals surface area contributed by atoms with Gasteiger partial charge in [-0.1, -0.05) is 6.07 Å². The van der Waals surface area contributed by atoms with Gasteiger partial charge in [-0.05, 0) is 84.9 Å². The molecule has 2 aromatic carbocycles. The third-order valence-electron chi connectivity index (χ3n) is 3.31. The van der Waals surface area contributed by atoms with Crippen molar-refractivity contribution in [2.24, 2.45) is 5.10 Å². The van der Waals surface area contributed by atoms with Gasteiger partial charge in [-0.25, -0.2) is 5.43 Å². The van der Waals surface area contributed by atoms with Crippen LogP contribution in [-0.2, 0) is 4.79 Å². The number of phenolic OH excluding ortho intramolecular Hbond substituents is 2. The Balaban J connectivity index is 1.99. The number of aryl methyl sites for hydroxylation is 2. The lowest BCUT2D eigenvalue weighted by Gasteiger charge is -2.11. The van der Waals surface area contributed by atoms with Crippen LogP contribution >= 0.6 is 47.8 Å². The number of hydrogen-bond acceptors (Lipinski definition) is 5. The molecule has 0 radical (unpaired) electrons. The lowest BCUT2D eigenvalue weighted by atomic mass is 10.1. The Kier molecular flexibility index (Phi) is 7.08. The van der Waals surface area contributed by atoms with E-state index in [2.05, 4.69) is 58.3 Å². The standard InChI is InChI=1S/C17H15Br3N2O4/c1-8-3-9(2)17(12(19)4-8)26-7-13(23)22-21-6-10-5-11(18)16(25)14(20)15(10)24/h3-6,24-25H,7H2,1-2H3,(H,22,23)/b21-6-. The Morgan fingerprint density at radius 2 is 1.85 bits per heavy atom. The highest BCUT2D eigenvalue weighted by Gasteiger charge is 2.13. The summed E-state index contributed by atoms with van der Waals surface area (Å²) in [5.41, 5.74) is 4.62. The van der Waals surface area contributed by atoms with Crippen molar-refractivity contribution in [3.8, 4) is 17.2 Å². The van der Waals surface area contributed by atoms with Gasteiger partial charge in [0.15, 0.2) is 6.61 Å². The van der Waals surface area contributed by atoms with E-state index >= 15 is 0 Å². The molecule has 0 saturated heterocycles. The summed E-state index contributed by atoms with van der Waals surface area (Å²) >= 11 is 9.64. The Labute approximate surface area is 175 Å². The molecule has 9 heteroatoms. The lowest BCUT2D eigenvalue weighted by Crippen LogP contribution is -2.24. The molecule has 26 heavy (non-hydrogen) atoms. The summed E-state index contributed by atoms with van der Waals surface area (Å²) in [6.45, 7) is 3.65. The first-order valence-corrected chi connectivity index (χ1v) is 9.70. The van der Waals surface area contributed by atoms with E-state index in [9.17, 15) is 15.0 Å². The lowest BCUT2D eigenvalue weighted by molar-refractivity contribution is -0.123. The number of amides is 1. The second-order valence-electron chi connectivity index (χ2n) is 5.43. The van der Waals surface area contributed by atoms with E-state index in [0.29, 0.717) is 15.8 Å². The number of rotatable bonds is 5. The Morgan fingerprint density at radius 3 is 2.50 bits per heavy atom. The number of nitrogens with zero attached hydrogens (tertiary/aromatic N) is 1. The van der Waals surface area contributed by atoms with Crippen LogP contribution in [-0.4, -0.2) is 28.9 Å². The molecule has 0 unspecified atom stereocenters. The normalized spacial score (nSPS) is 11.0. The summed E-state index contributed by atoms with van der Waals surface area (Å²) in [5.74, 6) is -0.182. The van der Waals surface area contributed by atoms with Crippen LogP contribution in [0.25, 0.3) is 0 Å². The SMILES string of the molecule is Cc1cc(C)c(OCC(=O)N/N=C\c2cc(Br)c(O)c(Br)c2O)c(Br)c1. The fraction of sp³-hybridized carbons (Fsp3) is 0.176. The minimum absolute atomic E-state index is 0.127. The molecule has 0 aromatic heterocycles. The molecule has 2 rings (SSSR count). The first kappa shape index (κ1) is 20.7. The Morgan fingerprint density at radius 1 is 1.15 bits per heavy atom. The fourth-order valence-corrected chi connectivity index (χ4v) is 4.09.